The van der Waals surface area contributed by atoms with Crippen molar-refractivity contribution in [2.45, 2.75) is 31.8 Å². The molecule has 2 saturated heterocycles. The van der Waals surface area contributed by atoms with Gasteiger partial charge in [0.2, 0.25) is 17.7 Å². The molecule has 4 atom stereocenters. The van der Waals surface area contributed by atoms with E-state index in [0.29, 0.717) is 0 Å². The molecule has 6 heteroatoms. The molecule has 0 spiro atoms. The Balaban J connectivity index is 1.11. The predicted molar refractivity (Wildman–Crippen MR) is 107 cm³/mol. The zero-order valence-electron chi connectivity index (χ0n) is 16.5. The molecule has 1 N–H and O–H groups in total. The second kappa shape index (κ2) is 7.41. The maximum atomic E-state index is 12.7. The zero-order valence-corrected chi connectivity index (χ0v) is 16.5. The Kier molecular flexibility index (Phi) is 4.74. The first-order valence-corrected chi connectivity index (χ1v) is 10.7. The fraction of sp³-hybridized carbons (Fsp3) is 0.522. The van der Waals surface area contributed by atoms with Crippen molar-refractivity contribution in [3.63, 3.8) is 0 Å². The van der Waals surface area contributed by atoms with Gasteiger partial charge in [-0.05, 0) is 36.7 Å². The van der Waals surface area contributed by atoms with Gasteiger partial charge in [-0.1, -0.05) is 42.5 Å². The van der Waals surface area contributed by atoms with Gasteiger partial charge in [-0.25, -0.2) is 0 Å². The Morgan fingerprint density at radius 3 is 2.21 bits per heavy atom. The lowest BCUT2D eigenvalue weighted by Gasteiger charge is -2.32. The Morgan fingerprint density at radius 1 is 0.966 bits per heavy atom. The van der Waals surface area contributed by atoms with E-state index in [4.69, 9.17) is 0 Å². The largest absolute Gasteiger partial charge is 0.352 e. The number of amides is 3. The lowest BCUT2D eigenvalue weighted by Crippen LogP contribution is -2.48. The van der Waals surface area contributed by atoms with Gasteiger partial charge < -0.3 is 5.32 Å². The highest BCUT2D eigenvalue weighted by Crippen LogP contribution is 2.52. The number of carbonyl (C=O) groups is 3. The number of imide groups is 1. The highest BCUT2D eigenvalue weighted by Gasteiger charge is 2.59. The molecule has 1 aromatic carbocycles. The summed E-state index contributed by atoms with van der Waals surface area (Å²) in [4.78, 5) is 41.6. The van der Waals surface area contributed by atoms with Crippen LogP contribution in [0.25, 0.3) is 0 Å². The van der Waals surface area contributed by atoms with Gasteiger partial charge in [0.15, 0.2) is 0 Å². The van der Waals surface area contributed by atoms with Gasteiger partial charge in [0, 0.05) is 25.7 Å². The number of likely N-dealkylation sites (tertiary alicyclic amines) is 2. The van der Waals surface area contributed by atoms with Crippen molar-refractivity contribution in [3.8, 4) is 0 Å². The topological polar surface area (TPSA) is 69.7 Å². The molecule has 5 rings (SSSR count). The van der Waals surface area contributed by atoms with Crippen LogP contribution < -0.4 is 5.32 Å². The minimum atomic E-state index is -0.230. The van der Waals surface area contributed by atoms with E-state index in [9.17, 15) is 14.4 Å². The van der Waals surface area contributed by atoms with Gasteiger partial charge in [-0.2, -0.15) is 0 Å². The summed E-state index contributed by atoms with van der Waals surface area (Å²) in [6.07, 6.45) is 6.83. The fourth-order valence-electron chi connectivity index (χ4n) is 5.61. The second-order valence-electron chi connectivity index (χ2n) is 8.87. The van der Waals surface area contributed by atoms with Crippen LogP contribution in [-0.2, 0) is 20.9 Å². The van der Waals surface area contributed by atoms with Crippen molar-refractivity contribution in [1.82, 2.24) is 15.1 Å². The van der Waals surface area contributed by atoms with Gasteiger partial charge >= 0.3 is 0 Å². The zero-order chi connectivity index (χ0) is 20.0. The Labute approximate surface area is 170 Å². The van der Waals surface area contributed by atoms with Crippen LogP contribution in [0.15, 0.2) is 42.5 Å². The van der Waals surface area contributed by atoms with Gasteiger partial charge in [0.05, 0.1) is 11.8 Å². The third-order valence-electron chi connectivity index (χ3n) is 7.07. The van der Waals surface area contributed by atoms with Crippen LogP contribution >= 0.6 is 0 Å². The highest BCUT2D eigenvalue weighted by molar-refractivity contribution is 6.08. The van der Waals surface area contributed by atoms with E-state index in [0.717, 1.165) is 38.9 Å². The number of hydrogen-bond donors (Lipinski definition) is 1. The standard InChI is InChI=1S/C23H27N3O3/c27-19(14-26-22(28)20-16-6-7-17(12-16)21(20)23(26)29)24-18-8-10-25(11-9-18)13-15-4-2-1-3-5-15/h1-7,16-18,20-21H,8-14H2,(H,24,27). The van der Waals surface area contributed by atoms with Crippen molar-refractivity contribution in [2.75, 3.05) is 19.6 Å². The number of fused-ring (bicyclic) bond motifs is 5. The molecule has 2 aliphatic carbocycles. The summed E-state index contributed by atoms with van der Waals surface area (Å²) in [5.74, 6) is -0.604. The molecule has 1 aromatic rings. The smallest absolute Gasteiger partial charge is 0.240 e. The normalized spacial score (nSPS) is 31.5. The van der Waals surface area contributed by atoms with Crippen molar-refractivity contribution >= 4 is 17.7 Å². The third kappa shape index (κ3) is 3.39. The Hall–Kier alpha value is -2.47. The summed E-state index contributed by atoms with van der Waals surface area (Å²) < 4.78 is 0. The van der Waals surface area contributed by atoms with Crippen LogP contribution in [0.4, 0.5) is 0 Å². The van der Waals surface area contributed by atoms with Crippen LogP contribution in [0.2, 0.25) is 0 Å². The molecule has 4 unspecified atom stereocenters. The summed E-state index contributed by atoms with van der Waals surface area (Å²) in [7, 11) is 0. The number of nitrogens with one attached hydrogen (secondary N) is 1. The van der Waals surface area contributed by atoms with Crippen molar-refractivity contribution < 1.29 is 14.4 Å². The summed E-state index contributed by atoms with van der Waals surface area (Å²) in [6, 6.07) is 10.5. The minimum absolute atomic E-state index is 0.111. The first-order chi connectivity index (χ1) is 14.1. The van der Waals surface area contributed by atoms with E-state index in [-0.39, 0.29) is 54.0 Å². The first-order valence-electron chi connectivity index (χ1n) is 10.7. The van der Waals surface area contributed by atoms with Crippen LogP contribution in [0.5, 0.6) is 0 Å². The minimum Gasteiger partial charge on any atom is -0.352 e. The molecule has 2 aliphatic heterocycles. The molecule has 2 heterocycles. The molecular weight excluding hydrogens is 366 g/mol. The van der Waals surface area contributed by atoms with E-state index in [1.165, 1.54) is 10.5 Å². The fourth-order valence-corrected chi connectivity index (χ4v) is 5.61. The molecular formula is C23H27N3O3. The molecule has 6 nitrogen and oxygen atoms in total. The van der Waals surface area contributed by atoms with E-state index in [1.54, 1.807) is 0 Å². The molecule has 3 amide bonds. The average molecular weight is 393 g/mol. The molecule has 3 fully saturated rings. The van der Waals surface area contributed by atoms with Gasteiger partial charge in [-0.15, -0.1) is 0 Å². The lowest BCUT2D eigenvalue weighted by molar-refractivity contribution is -0.144. The number of benzene rings is 1. The van der Waals surface area contributed by atoms with Crippen LogP contribution in [-0.4, -0.2) is 53.2 Å². The maximum absolute atomic E-state index is 12.7. The Bertz CT molecular complexity index is 814. The number of hydrogen-bond acceptors (Lipinski definition) is 4. The average Bonchev–Trinajstić information content (AvgIpc) is 3.40. The van der Waals surface area contributed by atoms with Crippen molar-refractivity contribution in [1.29, 1.82) is 0 Å². The number of allylic oxidation sites excluding steroid dienone is 2. The molecule has 1 saturated carbocycles. The monoisotopic (exact) mass is 393 g/mol. The summed E-state index contributed by atoms with van der Waals surface area (Å²) in [5.41, 5.74) is 1.30. The molecule has 29 heavy (non-hydrogen) atoms. The van der Waals surface area contributed by atoms with E-state index < -0.39 is 0 Å². The van der Waals surface area contributed by atoms with Gasteiger partial charge in [0.1, 0.15) is 6.54 Å². The summed E-state index contributed by atoms with van der Waals surface area (Å²) >= 11 is 0. The quantitative estimate of drug-likeness (QED) is 0.609. The maximum Gasteiger partial charge on any atom is 0.240 e. The number of nitrogens with zero attached hydrogens (tertiary/aromatic N) is 2. The van der Waals surface area contributed by atoms with Crippen molar-refractivity contribution in [2.24, 2.45) is 23.7 Å². The highest BCUT2D eigenvalue weighted by atomic mass is 16.2. The van der Waals surface area contributed by atoms with Gasteiger partial charge in [0.25, 0.3) is 0 Å². The number of carbonyl (C=O) groups excluding carboxylic acids is 3. The van der Waals surface area contributed by atoms with Crippen LogP contribution in [0.1, 0.15) is 24.8 Å². The molecule has 4 aliphatic rings. The molecule has 0 aromatic heterocycles. The second-order valence-corrected chi connectivity index (χ2v) is 8.87. The van der Waals surface area contributed by atoms with E-state index >= 15 is 0 Å². The summed E-state index contributed by atoms with van der Waals surface area (Å²) in [5, 5.41) is 3.05. The predicted octanol–water partition coefficient (Wildman–Crippen LogP) is 1.57. The van der Waals surface area contributed by atoms with Crippen LogP contribution in [0.3, 0.4) is 0 Å². The molecule has 0 radical (unpaired) electrons. The molecule has 152 valence electrons. The van der Waals surface area contributed by atoms with Crippen LogP contribution in [0, 0.1) is 23.7 Å². The van der Waals surface area contributed by atoms with Gasteiger partial charge in [-0.3, -0.25) is 24.2 Å². The first kappa shape index (κ1) is 18.6. The van der Waals surface area contributed by atoms with E-state index in [2.05, 4.69) is 46.6 Å². The van der Waals surface area contributed by atoms with Crippen molar-refractivity contribution in [3.05, 3.63) is 48.0 Å². The third-order valence-corrected chi connectivity index (χ3v) is 7.07. The lowest BCUT2D eigenvalue weighted by atomic mass is 9.85. The number of rotatable bonds is 5. The Morgan fingerprint density at radius 2 is 1.59 bits per heavy atom. The number of piperidine rings is 1. The summed E-state index contributed by atoms with van der Waals surface area (Å²) in [6.45, 7) is 2.66. The van der Waals surface area contributed by atoms with E-state index in [1.807, 2.05) is 6.07 Å². The molecule has 2 bridgehead atoms. The SMILES string of the molecule is O=C(CN1C(=O)C2C3C=CC(C3)C2C1=O)NC1CCN(Cc2ccccc2)CC1.